The van der Waals surface area contributed by atoms with Crippen LogP contribution >= 0.6 is 0 Å². The maximum absolute atomic E-state index is 14.5. The Balaban J connectivity index is 1.72. The molecule has 2 aromatic carbocycles. The van der Waals surface area contributed by atoms with Gasteiger partial charge in [-0.05, 0) is 36.2 Å². The predicted molar refractivity (Wildman–Crippen MR) is 109 cm³/mol. The van der Waals surface area contributed by atoms with Crippen LogP contribution in [0.2, 0.25) is 0 Å². The summed E-state index contributed by atoms with van der Waals surface area (Å²) in [5, 5.41) is 4.66. The lowest BCUT2D eigenvalue weighted by Crippen LogP contribution is -2.41. The molecule has 30 heavy (non-hydrogen) atoms. The van der Waals surface area contributed by atoms with Crippen molar-refractivity contribution in [3.8, 4) is 0 Å². The van der Waals surface area contributed by atoms with E-state index in [9.17, 15) is 18.4 Å². The summed E-state index contributed by atoms with van der Waals surface area (Å²) in [5.74, 6) is -1.58. The molecule has 1 saturated carbocycles. The first kappa shape index (κ1) is 20.2. The molecule has 2 aliphatic rings. The average molecular weight is 411 g/mol. The molecule has 1 amide bonds. The summed E-state index contributed by atoms with van der Waals surface area (Å²) < 4.78 is 28.3. The molecule has 0 spiro atoms. The van der Waals surface area contributed by atoms with Gasteiger partial charge in [0, 0.05) is 30.1 Å². The van der Waals surface area contributed by atoms with Gasteiger partial charge in [-0.3, -0.25) is 9.59 Å². The summed E-state index contributed by atoms with van der Waals surface area (Å²) in [4.78, 5) is 25.3. The molecule has 2 atom stereocenters. The van der Waals surface area contributed by atoms with Gasteiger partial charge in [0.25, 0.3) is 5.91 Å². The lowest BCUT2D eigenvalue weighted by Gasteiger charge is -2.34. The van der Waals surface area contributed by atoms with Crippen molar-refractivity contribution < 1.29 is 18.4 Å². The lowest BCUT2D eigenvalue weighted by atomic mass is 9.92. The van der Waals surface area contributed by atoms with E-state index in [2.05, 4.69) is 10.7 Å². The van der Waals surface area contributed by atoms with E-state index in [1.54, 1.807) is 36.2 Å². The third kappa shape index (κ3) is 3.73. The topological polar surface area (TPSA) is 61.4 Å². The number of hydrogen-bond donors (Lipinski definition) is 2. The molecule has 0 bridgehead atoms. The van der Waals surface area contributed by atoms with Gasteiger partial charge in [-0.15, -0.1) is 0 Å². The zero-order valence-electron chi connectivity index (χ0n) is 16.8. The Morgan fingerprint density at radius 3 is 2.63 bits per heavy atom. The fourth-order valence-electron chi connectivity index (χ4n) is 4.00. The van der Waals surface area contributed by atoms with E-state index in [-0.39, 0.29) is 17.5 Å². The van der Waals surface area contributed by atoms with Crippen LogP contribution < -0.4 is 10.7 Å². The quantitative estimate of drug-likeness (QED) is 0.764. The summed E-state index contributed by atoms with van der Waals surface area (Å²) in [5.41, 5.74) is 5.64. The van der Waals surface area contributed by atoms with E-state index in [1.165, 1.54) is 18.2 Å². The van der Waals surface area contributed by atoms with Crippen LogP contribution in [0.25, 0.3) is 5.57 Å². The summed E-state index contributed by atoms with van der Waals surface area (Å²) in [7, 11) is 0. The number of amides is 1. The zero-order valence-corrected chi connectivity index (χ0v) is 16.8. The van der Waals surface area contributed by atoms with Gasteiger partial charge in [-0.2, -0.15) is 0 Å². The van der Waals surface area contributed by atoms with E-state index in [1.807, 2.05) is 6.92 Å². The van der Waals surface area contributed by atoms with Crippen LogP contribution in [-0.4, -0.2) is 23.2 Å². The second-order valence-corrected chi connectivity index (χ2v) is 7.61. The Bertz CT molecular complexity index is 1050. The molecule has 7 heteroatoms. The SMILES string of the molecule is CCNN1Cc2c(F)cccc2C(C(=O)N[C@H](c2cccc(F)c2)C2CC2=O)=C1C. The molecule has 1 aliphatic heterocycles. The first-order valence-electron chi connectivity index (χ1n) is 9.99. The molecule has 1 aliphatic carbocycles. The second-order valence-electron chi connectivity index (χ2n) is 7.61. The van der Waals surface area contributed by atoms with Crippen LogP contribution in [0, 0.1) is 17.6 Å². The number of halogens is 2. The summed E-state index contributed by atoms with van der Waals surface area (Å²) in [6.45, 7) is 4.62. The highest BCUT2D eigenvalue weighted by Gasteiger charge is 2.44. The lowest BCUT2D eigenvalue weighted by molar-refractivity contribution is -0.116. The van der Waals surface area contributed by atoms with Gasteiger partial charge in [0.05, 0.1) is 18.2 Å². The van der Waals surface area contributed by atoms with E-state index < -0.39 is 17.8 Å². The third-order valence-corrected chi connectivity index (χ3v) is 5.62. The Kier molecular flexibility index (Phi) is 5.39. The van der Waals surface area contributed by atoms with Crippen LogP contribution in [-0.2, 0) is 16.1 Å². The van der Waals surface area contributed by atoms with Crippen LogP contribution in [0.1, 0.15) is 43.0 Å². The highest BCUT2D eigenvalue weighted by atomic mass is 19.1. The molecule has 156 valence electrons. The predicted octanol–water partition coefficient (Wildman–Crippen LogP) is 3.48. The van der Waals surface area contributed by atoms with Gasteiger partial charge in [0.2, 0.25) is 0 Å². The van der Waals surface area contributed by atoms with E-state index in [0.29, 0.717) is 47.5 Å². The number of hydrogen-bond acceptors (Lipinski definition) is 4. The van der Waals surface area contributed by atoms with Crippen LogP contribution in [0.5, 0.6) is 0 Å². The number of allylic oxidation sites excluding steroid dienone is 1. The molecule has 2 N–H and O–H groups in total. The minimum absolute atomic E-state index is 0.0274. The molecule has 1 unspecified atom stereocenters. The van der Waals surface area contributed by atoms with Gasteiger partial charge in [-0.1, -0.05) is 31.2 Å². The first-order chi connectivity index (χ1) is 14.4. The summed E-state index contributed by atoms with van der Waals surface area (Å²) in [6.07, 6.45) is 0.341. The van der Waals surface area contributed by atoms with E-state index in [4.69, 9.17) is 0 Å². The number of benzene rings is 2. The van der Waals surface area contributed by atoms with Crippen molar-refractivity contribution in [2.75, 3.05) is 6.54 Å². The van der Waals surface area contributed by atoms with Crippen molar-refractivity contribution >= 4 is 17.3 Å². The largest absolute Gasteiger partial charge is 0.344 e. The highest BCUT2D eigenvalue weighted by molar-refractivity contribution is 6.21. The molecule has 1 fully saturated rings. The van der Waals surface area contributed by atoms with Gasteiger partial charge in [0.15, 0.2) is 0 Å². The zero-order chi connectivity index (χ0) is 21.4. The molecule has 1 heterocycles. The number of ketones is 1. The van der Waals surface area contributed by atoms with Crippen molar-refractivity contribution in [1.82, 2.24) is 15.8 Å². The fourth-order valence-corrected chi connectivity index (χ4v) is 4.00. The standard InChI is InChI=1S/C23H23F2N3O2/c1-3-26-28-12-18-16(8-5-9-19(18)25)21(13(28)2)23(30)27-22(17-11-20(17)29)14-6-4-7-15(24)10-14/h4-10,17,22,26H,3,11-12H2,1-2H3,(H,27,30)/t17?,22-/m1/s1. The van der Waals surface area contributed by atoms with Crippen LogP contribution in [0.3, 0.4) is 0 Å². The Hall–Kier alpha value is -3.06. The van der Waals surface area contributed by atoms with Gasteiger partial charge >= 0.3 is 0 Å². The van der Waals surface area contributed by atoms with Gasteiger partial charge < -0.3 is 10.3 Å². The number of carbonyl (C=O) groups is 2. The monoisotopic (exact) mass is 411 g/mol. The molecule has 0 radical (unpaired) electrons. The Morgan fingerprint density at radius 2 is 1.97 bits per heavy atom. The molecule has 2 aromatic rings. The number of hydrazine groups is 1. The molecular formula is C23H23F2N3O2. The Morgan fingerprint density at radius 1 is 1.23 bits per heavy atom. The summed E-state index contributed by atoms with van der Waals surface area (Å²) in [6, 6.07) is 9.94. The van der Waals surface area contributed by atoms with Crippen LogP contribution in [0.15, 0.2) is 48.2 Å². The maximum Gasteiger partial charge on any atom is 0.254 e. The normalized spacial score (nSPS) is 18.9. The molecule has 5 nitrogen and oxygen atoms in total. The van der Waals surface area contributed by atoms with Crippen LogP contribution in [0.4, 0.5) is 8.78 Å². The van der Waals surface area contributed by atoms with Gasteiger partial charge in [-0.25, -0.2) is 14.2 Å². The van der Waals surface area contributed by atoms with Crippen molar-refractivity contribution in [1.29, 1.82) is 0 Å². The number of carbonyl (C=O) groups excluding carboxylic acids is 2. The van der Waals surface area contributed by atoms with E-state index in [0.717, 1.165) is 0 Å². The number of Topliss-reactive ketones (excluding diaryl/α,β-unsaturated/α-hetero) is 1. The number of fused-ring (bicyclic) bond motifs is 1. The van der Waals surface area contributed by atoms with Gasteiger partial charge in [0.1, 0.15) is 17.4 Å². The highest BCUT2D eigenvalue weighted by Crippen LogP contribution is 2.39. The van der Waals surface area contributed by atoms with Crippen molar-refractivity contribution in [2.45, 2.75) is 32.9 Å². The average Bonchev–Trinajstić information content (AvgIpc) is 3.43. The molecule has 0 saturated heterocycles. The molecule has 0 aromatic heterocycles. The van der Waals surface area contributed by atoms with E-state index >= 15 is 0 Å². The van der Waals surface area contributed by atoms with Crippen molar-refractivity contribution in [2.24, 2.45) is 5.92 Å². The third-order valence-electron chi connectivity index (χ3n) is 5.62. The van der Waals surface area contributed by atoms with Crippen molar-refractivity contribution in [3.05, 3.63) is 76.5 Å². The smallest absolute Gasteiger partial charge is 0.254 e. The minimum atomic E-state index is -0.632. The van der Waals surface area contributed by atoms with Crippen molar-refractivity contribution in [3.63, 3.8) is 0 Å². The maximum atomic E-state index is 14.5. The first-order valence-corrected chi connectivity index (χ1v) is 9.99. The fraction of sp³-hybridized carbons (Fsp3) is 0.304. The minimum Gasteiger partial charge on any atom is -0.344 e. The Labute approximate surface area is 173 Å². The molecule has 4 rings (SSSR count). The number of nitrogens with zero attached hydrogens (tertiary/aromatic N) is 1. The number of rotatable bonds is 6. The second kappa shape index (κ2) is 7.99. The number of nitrogens with one attached hydrogen (secondary N) is 2. The molecular weight excluding hydrogens is 388 g/mol. The summed E-state index contributed by atoms with van der Waals surface area (Å²) >= 11 is 0.